The molecule has 0 amide bonds. The molecule has 0 aromatic carbocycles. The second-order valence-corrected chi connectivity index (χ2v) is 1.70. The van der Waals surface area contributed by atoms with E-state index in [1.165, 1.54) is 6.08 Å². The highest BCUT2D eigenvalue weighted by Gasteiger charge is 1.63. The molecular formula is C9H11O. The molecule has 0 aliphatic rings. The topological polar surface area (TPSA) is 17.1 Å². The Hall–Kier alpha value is -1.11. The maximum Gasteiger partial charge on any atom is 0.225 e. The van der Waals surface area contributed by atoms with Gasteiger partial charge in [0.05, 0.1) is 0 Å². The van der Waals surface area contributed by atoms with Crippen LogP contribution in [0.4, 0.5) is 0 Å². The molecule has 0 saturated carbocycles. The van der Waals surface area contributed by atoms with Crippen molar-refractivity contribution in [2.45, 2.75) is 13.3 Å². The summed E-state index contributed by atoms with van der Waals surface area (Å²) in [4.78, 5) is 9.63. The van der Waals surface area contributed by atoms with E-state index in [1.807, 2.05) is 18.2 Å². The molecule has 0 aliphatic carbocycles. The Morgan fingerprint density at radius 2 is 1.90 bits per heavy atom. The maximum absolute atomic E-state index is 9.63. The quantitative estimate of drug-likeness (QED) is 0.426. The fourth-order valence-corrected chi connectivity index (χ4v) is 0.438. The Balaban J connectivity index is 3.46. The number of rotatable bonds is 4. The van der Waals surface area contributed by atoms with Crippen LogP contribution >= 0.6 is 0 Å². The summed E-state index contributed by atoms with van der Waals surface area (Å²) < 4.78 is 0. The number of hydrogen-bond acceptors (Lipinski definition) is 1. The van der Waals surface area contributed by atoms with Gasteiger partial charge in [-0.3, -0.25) is 4.79 Å². The van der Waals surface area contributed by atoms with E-state index >= 15 is 0 Å². The van der Waals surface area contributed by atoms with Gasteiger partial charge in [0.2, 0.25) is 6.29 Å². The van der Waals surface area contributed by atoms with Gasteiger partial charge in [-0.2, -0.15) is 0 Å². The molecule has 0 heterocycles. The second kappa shape index (κ2) is 7.89. The lowest BCUT2D eigenvalue weighted by Crippen LogP contribution is -1.55. The molecule has 0 aromatic rings. The molecule has 0 aromatic heterocycles. The van der Waals surface area contributed by atoms with Crippen molar-refractivity contribution in [1.29, 1.82) is 0 Å². The predicted molar refractivity (Wildman–Crippen MR) is 43.4 cm³/mol. The highest BCUT2D eigenvalue weighted by molar-refractivity contribution is 5.66. The van der Waals surface area contributed by atoms with E-state index in [0.29, 0.717) is 0 Å². The van der Waals surface area contributed by atoms with Gasteiger partial charge in [0, 0.05) is 0 Å². The third-order valence-corrected chi connectivity index (χ3v) is 0.869. The van der Waals surface area contributed by atoms with Crippen molar-refractivity contribution in [3.05, 3.63) is 36.5 Å². The maximum atomic E-state index is 9.63. The van der Waals surface area contributed by atoms with Crippen molar-refractivity contribution in [3.63, 3.8) is 0 Å². The van der Waals surface area contributed by atoms with Gasteiger partial charge >= 0.3 is 0 Å². The summed E-state index contributed by atoms with van der Waals surface area (Å²) in [6.45, 7) is 2.07. The van der Waals surface area contributed by atoms with E-state index in [-0.39, 0.29) is 0 Å². The van der Waals surface area contributed by atoms with Gasteiger partial charge in [-0.25, -0.2) is 0 Å². The van der Waals surface area contributed by atoms with Gasteiger partial charge in [-0.1, -0.05) is 37.3 Å². The van der Waals surface area contributed by atoms with Gasteiger partial charge in [0.1, 0.15) is 0 Å². The molecule has 0 bridgehead atoms. The van der Waals surface area contributed by atoms with Crippen LogP contribution in [0.2, 0.25) is 0 Å². The highest BCUT2D eigenvalue weighted by atomic mass is 16.1. The van der Waals surface area contributed by atoms with Crippen LogP contribution in [0.25, 0.3) is 0 Å². The molecular weight excluding hydrogens is 124 g/mol. The normalized spacial score (nSPS) is 12.1. The molecule has 0 fully saturated rings. The first-order valence-electron chi connectivity index (χ1n) is 3.27. The molecule has 1 nitrogen and oxygen atoms in total. The van der Waals surface area contributed by atoms with Crippen LogP contribution in [0.1, 0.15) is 13.3 Å². The average Bonchev–Trinajstić information content (AvgIpc) is 1.97. The van der Waals surface area contributed by atoms with Gasteiger partial charge in [-0.05, 0) is 12.5 Å². The van der Waals surface area contributed by atoms with E-state index in [4.69, 9.17) is 0 Å². The molecule has 0 aliphatic heterocycles. The summed E-state index contributed by atoms with van der Waals surface area (Å²) in [5, 5.41) is 0. The van der Waals surface area contributed by atoms with E-state index in [1.54, 1.807) is 18.4 Å². The van der Waals surface area contributed by atoms with Crippen molar-refractivity contribution in [3.8, 4) is 0 Å². The van der Waals surface area contributed by atoms with Crippen LogP contribution in [-0.2, 0) is 4.79 Å². The van der Waals surface area contributed by atoms with Gasteiger partial charge in [0.15, 0.2) is 0 Å². The molecule has 0 rings (SSSR count). The average molecular weight is 135 g/mol. The van der Waals surface area contributed by atoms with Crippen LogP contribution < -0.4 is 0 Å². The molecule has 0 atom stereocenters. The first-order valence-corrected chi connectivity index (χ1v) is 3.27. The molecule has 10 heavy (non-hydrogen) atoms. The molecule has 0 N–H and O–H groups in total. The molecule has 0 unspecified atom stereocenters. The van der Waals surface area contributed by atoms with Crippen LogP contribution in [0, 0.1) is 0 Å². The number of allylic oxidation sites excluding steroid dienone is 6. The van der Waals surface area contributed by atoms with E-state index in [9.17, 15) is 4.79 Å². The van der Waals surface area contributed by atoms with E-state index in [0.717, 1.165) is 6.42 Å². The lowest BCUT2D eigenvalue weighted by molar-refractivity contribution is 0.564. The zero-order valence-corrected chi connectivity index (χ0v) is 6.08. The van der Waals surface area contributed by atoms with Crippen LogP contribution in [-0.4, -0.2) is 6.29 Å². The van der Waals surface area contributed by atoms with Crippen LogP contribution in [0.5, 0.6) is 0 Å². The SMILES string of the molecule is CCC=CC=CC=C[C]=O. The fourth-order valence-electron chi connectivity index (χ4n) is 0.438. The van der Waals surface area contributed by atoms with Gasteiger partial charge in [0.25, 0.3) is 0 Å². The fraction of sp³-hybridized carbons (Fsp3) is 0.222. The van der Waals surface area contributed by atoms with Crippen molar-refractivity contribution in [1.82, 2.24) is 0 Å². The third-order valence-electron chi connectivity index (χ3n) is 0.869. The Labute approximate surface area is 61.8 Å². The minimum atomic E-state index is 1.04. The number of carbonyl (C=O) groups excluding carboxylic acids is 1. The number of hydrogen-bond donors (Lipinski definition) is 0. The predicted octanol–water partition coefficient (Wildman–Crippen LogP) is 2.17. The third kappa shape index (κ3) is 6.89. The zero-order valence-electron chi connectivity index (χ0n) is 6.08. The molecule has 1 radical (unpaired) electrons. The lowest BCUT2D eigenvalue weighted by Gasteiger charge is -1.72. The second-order valence-electron chi connectivity index (χ2n) is 1.70. The Bertz CT molecular complexity index is 152. The Kier molecular flexibility index (Phi) is 7.01. The Morgan fingerprint density at radius 3 is 2.50 bits per heavy atom. The minimum absolute atomic E-state index is 1.04. The van der Waals surface area contributed by atoms with Gasteiger partial charge < -0.3 is 0 Å². The van der Waals surface area contributed by atoms with Crippen LogP contribution in [0.3, 0.4) is 0 Å². The van der Waals surface area contributed by atoms with Crippen molar-refractivity contribution in [2.75, 3.05) is 0 Å². The summed E-state index contributed by atoms with van der Waals surface area (Å²) in [5.41, 5.74) is 0. The largest absolute Gasteiger partial charge is 0.286 e. The standard InChI is InChI=1S/C9H11O/c1-2-3-4-5-6-7-8-9-10/h3-8H,2H2,1H3. The minimum Gasteiger partial charge on any atom is -0.286 e. The Morgan fingerprint density at radius 1 is 1.20 bits per heavy atom. The summed E-state index contributed by atoms with van der Waals surface area (Å²) in [7, 11) is 0. The summed E-state index contributed by atoms with van der Waals surface area (Å²) in [6.07, 6.45) is 13.3. The monoisotopic (exact) mass is 135 g/mol. The lowest BCUT2D eigenvalue weighted by atomic mass is 10.4. The molecule has 0 saturated heterocycles. The summed E-state index contributed by atoms with van der Waals surface area (Å²) >= 11 is 0. The van der Waals surface area contributed by atoms with E-state index in [2.05, 4.69) is 6.92 Å². The molecule has 1 heteroatoms. The first kappa shape index (κ1) is 8.89. The summed E-state index contributed by atoms with van der Waals surface area (Å²) in [5.74, 6) is 0. The van der Waals surface area contributed by atoms with Gasteiger partial charge in [-0.15, -0.1) is 0 Å². The van der Waals surface area contributed by atoms with Crippen LogP contribution in [0.15, 0.2) is 36.5 Å². The van der Waals surface area contributed by atoms with Crippen molar-refractivity contribution < 1.29 is 4.79 Å². The first-order chi connectivity index (χ1) is 4.91. The smallest absolute Gasteiger partial charge is 0.225 e. The zero-order chi connectivity index (χ0) is 7.66. The van der Waals surface area contributed by atoms with Crippen molar-refractivity contribution >= 4 is 6.29 Å². The summed E-state index contributed by atoms with van der Waals surface area (Å²) in [6, 6.07) is 0. The molecule has 53 valence electrons. The highest BCUT2D eigenvalue weighted by Crippen LogP contribution is 1.81. The molecule has 0 spiro atoms. The van der Waals surface area contributed by atoms with Crippen molar-refractivity contribution in [2.24, 2.45) is 0 Å². The van der Waals surface area contributed by atoms with E-state index < -0.39 is 0 Å².